The monoisotopic (exact) mass is 429 g/mol. The highest BCUT2D eigenvalue weighted by Crippen LogP contribution is 2.35. The fourth-order valence-corrected chi connectivity index (χ4v) is 4.43. The zero-order valence-electron chi connectivity index (χ0n) is 17.3. The van der Waals surface area contributed by atoms with Gasteiger partial charge in [-0.05, 0) is 43.7 Å². The standard InChI is InChI=1S/C23H25ClFN3O2/c1-14-12-27(13-15(2)26-14)20-11-19-16(9-21(20)30-3)7-8-28(19)22(29)10-17-5-4-6-18(24)23(17)25/h4-9,11,14-15,26H,10,12-13H2,1-3H3/t14-,15+. The summed E-state index contributed by atoms with van der Waals surface area (Å²) in [4.78, 5) is 15.3. The molecule has 2 atom stereocenters. The largest absolute Gasteiger partial charge is 0.495 e. The van der Waals surface area contributed by atoms with Gasteiger partial charge in [0.2, 0.25) is 5.91 Å². The summed E-state index contributed by atoms with van der Waals surface area (Å²) in [7, 11) is 1.66. The molecule has 1 saturated heterocycles. The highest BCUT2D eigenvalue weighted by atomic mass is 35.5. The molecule has 1 aromatic heterocycles. The number of carbonyl (C=O) groups excluding carboxylic acids is 1. The molecule has 7 heteroatoms. The van der Waals surface area contributed by atoms with Gasteiger partial charge in [-0.1, -0.05) is 23.7 Å². The normalized spacial score (nSPS) is 19.3. The lowest BCUT2D eigenvalue weighted by molar-refractivity contribution is 0.0918. The van der Waals surface area contributed by atoms with E-state index < -0.39 is 5.82 Å². The number of carbonyl (C=O) groups is 1. The number of benzene rings is 2. The maximum atomic E-state index is 14.3. The zero-order valence-corrected chi connectivity index (χ0v) is 18.0. The Morgan fingerprint density at radius 1 is 1.23 bits per heavy atom. The predicted molar refractivity (Wildman–Crippen MR) is 119 cm³/mol. The fourth-order valence-electron chi connectivity index (χ4n) is 4.24. The highest BCUT2D eigenvalue weighted by molar-refractivity contribution is 6.30. The first-order chi connectivity index (χ1) is 14.4. The number of hydrogen-bond acceptors (Lipinski definition) is 4. The van der Waals surface area contributed by atoms with Gasteiger partial charge in [0.25, 0.3) is 0 Å². The topological polar surface area (TPSA) is 46.5 Å². The lowest BCUT2D eigenvalue weighted by Crippen LogP contribution is -2.54. The molecule has 1 fully saturated rings. The van der Waals surface area contributed by atoms with Crippen molar-refractivity contribution in [1.82, 2.24) is 9.88 Å². The van der Waals surface area contributed by atoms with E-state index in [0.717, 1.165) is 35.4 Å². The molecule has 0 bridgehead atoms. The summed E-state index contributed by atoms with van der Waals surface area (Å²) in [6, 6.07) is 11.2. The molecular weight excluding hydrogens is 405 g/mol. The van der Waals surface area contributed by atoms with Crippen molar-refractivity contribution in [3.8, 4) is 5.75 Å². The van der Waals surface area contributed by atoms with Crippen molar-refractivity contribution in [2.45, 2.75) is 32.4 Å². The van der Waals surface area contributed by atoms with Crippen LogP contribution in [0.4, 0.5) is 10.1 Å². The third-order valence-corrected chi connectivity index (χ3v) is 5.82. The number of nitrogens with one attached hydrogen (secondary N) is 1. The van der Waals surface area contributed by atoms with Gasteiger partial charge in [-0.15, -0.1) is 0 Å². The Kier molecular flexibility index (Phi) is 5.71. The number of nitrogens with zero attached hydrogens (tertiary/aromatic N) is 2. The number of ether oxygens (including phenoxy) is 1. The molecule has 5 nitrogen and oxygen atoms in total. The van der Waals surface area contributed by atoms with E-state index in [0.29, 0.717) is 12.1 Å². The Morgan fingerprint density at radius 2 is 1.97 bits per heavy atom. The van der Waals surface area contributed by atoms with Crippen LogP contribution in [-0.2, 0) is 6.42 Å². The molecule has 1 N–H and O–H groups in total. The second-order valence-corrected chi connectivity index (χ2v) is 8.33. The molecule has 2 aromatic carbocycles. The van der Waals surface area contributed by atoms with Crippen LogP contribution in [0, 0.1) is 5.82 Å². The van der Waals surface area contributed by atoms with Gasteiger partial charge in [0, 0.05) is 36.8 Å². The van der Waals surface area contributed by atoms with Gasteiger partial charge in [0.1, 0.15) is 11.6 Å². The van der Waals surface area contributed by atoms with E-state index in [-0.39, 0.29) is 22.9 Å². The van der Waals surface area contributed by atoms with Crippen LogP contribution in [0.25, 0.3) is 10.9 Å². The first kappa shape index (κ1) is 20.7. The fraction of sp³-hybridized carbons (Fsp3) is 0.348. The smallest absolute Gasteiger partial charge is 0.235 e. The quantitative estimate of drug-likeness (QED) is 0.662. The molecule has 158 valence electrons. The molecule has 0 aliphatic carbocycles. The lowest BCUT2D eigenvalue weighted by atomic mass is 10.1. The van der Waals surface area contributed by atoms with Crippen LogP contribution in [0.1, 0.15) is 24.2 Å². The number of anilines is 1. The summed E-state index contributed by atoms with van der Waals surface area (Å²) >= 11 is 5.86. The lowest BCUT2D eigenvalue weighted by Gasteiger charge is -2.38. The SMILES string of the molecule is COc1cc2ccn(C(=O)Cc3cccc(Cl)c3F)c2cc1N1C[C@@H](C)N[C@@H](C)C1. The summed E-state index contributed by atoms with van der Waals surface area (Å²) in [5.41, 5.74) is 2.01. The zero-order chi connectivity index (χ0) is 21.4. The Bertz CT molecular complexity index is 1090. The van der Waals surface area contributed by atoms with Gasteiger partial charge >= 0.3 is 0 Å². The van der Waals surface area contributed by atoms with Gasteiger partial charge in [-0.25, -0.2) is 4.39 Å². The summed E-state index contributed by atoms with van der Waals surface area (Å²) in [6.07, 6.45) is 1.65. The molecule has 1 aliphatic heterocycles. The van der Waals surface area contributed by atoms with E-state index in [4.69, 9.17) is 16.3 Å². The van der Waals surface area contributed by atoms with Crippen LogP contribution in [0.5, 0.6) is 5.75 Å². The summed E-state index contributed by atoms with van der Waals surface area (Å²) in [5, 5.41) is 4.44. The second-order valence-electron chi connectivity index (χ2n) is 7.93. The average Bonchev–Trinajstić information content (AvgIpc) is 3.12. The van der Waals surface area contributed by atoms with Crippen LogP contribution < -0.4 is 15.0 Å². The van der Waals surface area contributed by atoms with Crippen LogP contribution in [-0.4, -0.2) is 42.8 Å². The van der Waals surface area contributed by atoms with Crippen molar-refractivity contribution in [1.29, 1.82) is 0 Å². The Hall–Kier alpha value is -2.57. The first-order valence-electron chi connectivity index (χ1n) is 10.0. The third kappa shape index (κ3) is 3.89. The van der Waals surface area contributed by atoms with Crippen LogP contribution in [0.15, 0.2) is 42.6 Å². The molecule has 3 aromatic rings. The Morgan fingerprint density at radius 3 is 2.67 bits per heavy atom. The molecule has 0 spiro atoms. The molecule has 0 amide bonds. The van der Waals surface area contributed by atoms with E-state index in [2.05, 4.69) is 24.1 Å². The minimum Gasteiger partial charge on any atom is -0.495 e. The van der Waals surface area contributed by atoms with Crippen molar-refractivity contribution in [3.05, 3.63) is 59.0 Å². The number of rotatable bonds is 4. The van der Waals surface area contributed by atoms with Crippen molar-refractivity contribution in [2.75, 3.05) is 25.1 Å². The predicted octanol–water partition coefficient (Wildman–Crippen LogP) is 4.51. The Balaban J connectivity index is 1.71. The van der Waals surface area contributed by atoms with E-state index in [9.17, 15) is 9.18 Å². The minimum atomic E-state index is -0.546. The number of halogens is 2. The summed E-state index contributed by atoms with van der Waals surface area (Å²) < 4.78 is 21.5. The Labute approximate surface area is 180 Å². The van der Waals surface area contributed by atoms with Crippen molar-refractivity contribution < 1.29 is 13.9 Å². The first-order valence-corrected chi connectivity index (χ1v) is 10.4. The maximum Gasteiger partial charge on any atom is 0.235 e. The van der Waals surface area contributed by atoms with Gasteiger partial charge in [0.15, 0.2) is 0 Å². The molecule has 30 heavy (non-hydrogen) atoms. The highest BCUT2D eigenvalue weighted by Gasteiger charge is 2.24. The van der Waals surface area contributed by atoms with Crippen LogP contribution >= 0.6 is 11.6 Å². The van der Waals surface area contributed by atoms with Gasteiger partial charge in [-0.2, -0.15) is 0 Å². The summed E-state index contributed by atoms with van der Waals surface area (Å²) in [6.45, 7) is 5.99. The van der Waals surface area contributed by atoms with Gasteiger partial charge in [-0.3, -0.25) is 9.36 Å². The van der Waals surface area contributed by atoms with Gasteiger partial charge < -0.3 is 15.0 Å². The minimum absolute atomic E-state index is 0.0200. The molecule has 1 aliphatic rings. The van der Waals surface area contributed by atoms with E-state index in [1.807, 2.05) is 18.2 Å². The number of aromatic nitrogens is 1. The maximum absolute atomic E-state index is 14.3. The van der Waals surface area contributed by atoms with Crippen molar-refractivity contribution in [2.24, 2.45) is 0 Å². The molecule has 2 heterocycles. The molecular formula is C23H25ClFN3O2. The summed E-state index contributed by atoms with van der Waals surface area (Å²) in [5.74, 6) is 0.00865. The van der Waals surface area contributed by atoms with Crippen LogP contribution in [0.2, 0.25) is 5.02 Å². The van der Waals surface area contributed by atoms with Crippen molar-refractivity contribution >= 4 is 34.1 Å². The van der Waals surface area contributed by atoms with Crippen LogP contribution in [0.3, 0.4) is 0 Å². The number of hydrogen-bond donors (Lipinski definition) is 1. The average molecular weight is 430 g/mol. The van der Waals surface area contributed by atoms with E-state index in [1.54, 1.807) is 30.0 Å². The second kappa shape index (κ2) is 8.28. The molecule has 0 radical (unpaired) electrons. The van der Waals surface area contributed by atoms with Gasteiger partial charge in [0.05, 0.1) is 29.8 Å². The third-order valence-electron chi connectivity index (χ3n) is 5.53. The molecule has 4 rings (SSSR count). The van der Waals surface area contributed by atoms with Crippen molar-refractivity contribution in [3.63, 3.8) is 0 Å². The molecule has 0 saturated carbocycles. The molecule has 0 unspecified atom stereocenters. The van der Waals surface area contributed by atoms with E-state index >= 15 is 0 Å². The number of methoxy groups -OCH3 is 1. The number of fused-ring (bicyclic) bond motifs is 1. The van der Waals surface area contributed by atoms with E-state index in [1.165, 1.54) is 6.07 Å². The number of piperazine rings is 1.